The van der Waals surface area contributed by atoms with Crippen LogP contribution in [0.1, 0.15) is 50.0 Å². The van der Waals surface area contributed by atoms with Gasteiger partial charge < -0.3 is 29.5 Å². The van der Waals surface area contributed by atoms with Crippen molar-refractivity contribution in [2.75, 3.05) is 26.8 Å². The van der Waals surface area contributed by atoms with Gasteiger partial charge >= 0.3 is 0 Å². The highest BCUT2D eigenvalue weighted by Crippen LogP contribution is 2.43. The maximum Gasteiger partial charge on any atom is 0.275 e. The highest BCUT2D eigenvalue weighted by atomic mass is 16.5. The Morgan fingerprint density at radius 3 is 2.86 bits per heavy atom. The molecule has 11 nitrogen and oxygen atoms in total. The first-order valence-electron chi connectivity index (χ1n) is 14.3. The zero-order chi connectivity index (χ0) is 30.2. The summed E-state index contributed by atoms with van der Waals surface area (Å²) in [5, 5.41) is 17.7. The van der Waals surface area contributed by atoms with E-state index in [1.165, 1.54) is 12.1 Å². The van der Waals surface area contributed by atoms with Gasteiger partial charge in [0.1, 0.15) is 17.2 Å². The lowest BCUT2D eigenvalue weighted by molar-refractivity contribution is 0.0687. The molecule has 222 valence electrons. The van der Waals surface area contributed by atoms with Gasteiger partial charge in [0.25, 0.3) is 11.8 Å². The van der Waals surface area contributed by atoms with Gasteiger partial charge in [0.15, 0.2) is 22.8 Å². The van der Waals surface area contributed by atoms with Crippen LogP contribution in [-0.2, 0) is 6.42 Å². The van der Waals surface area contributed by atoms with Crippen molar-refractivity contribution in [1.29, 1.82) is 0 Å². The number of carbonyl (C=O) groups excluding carboxylic acids is 2. The summed E-state index contributed by atoms with van der Waals surface area (Å²) in [7, 11) is 1.55. The van der Waals surface area contributed by atoms with Crippen molar-refractivity contribution >= 4 is 17.5 Å². The Hall–Kier alpha value is -5.58. The van der Waals surface area contributed by atoms with E-state index in [4.69, 9.17) is 14.2 Å². The van der Waals surface area contributed by atoms with Crippen molar-refractivity contribution in [3.05, 3.63) is 107 Å². The molecular weight excluding hydrogens is 562 g/mol. The van der Waals surface area contributed by atoms with E-state index in [1.807, 2.05) is 41.3 Å². The molecule has 2 N–H and O–H groups in total. The van der Waals surface area contributed by atoms with Crippen LogP contribution < -0.4 is 19.5 Å². The third kappa shape index (κ3) is 5.02. The fraction of sp³-hybridized carbons (Fsp3) is 0.212. The molecule has 2 aromatic heterocycles. The van der Waals surface area contributed by atoms with Crippen LogP contribution in [0.2, 0.25) is 0 Å². The number of aromatic nitrogens is 3. The summed E-state index contributed by atoms with van der Waals surface area (Å²) in [6.07, 6.45) is 4.53. The maximum absolute atomic E-state index is 14.1. The Morgan fingerprint density at radius 1 is 1.09 bits per heavy atom. The second-order valence-electron chi connectivity index (χ2n) is 10.6. The van der Waals surface area contributed by atoms with Crippen LogP contribution in [0.5, 0.6) is 28.7 Å². The highest BCUT2D eigenvalue weighted by Gasteiger charge is 2.35. The number of phenolic OH excluding ortho intramolecular Hbond substituents is 1. The van der Waals surface area contributed by atoms with Gasteiger partial charge in [-0.3, -0.25) is 9.59 Å². The van der Waals surface area contributed by atoms with Crippen LogP contribution in [0, 0.1) is 0 Å². The van der Waals surface area contributed by atoms with Gasteiger partial charge in [-0.2, -0.15) is 5.10 Å². The van der Waals surface area contributed by atoms with E-state index in [9.17, 15) is 14.7 Å². The lowest BCUT2D eigenvalue weighted by Gasteiger charge is -2.38. The smallest absolute Gasteiger partial charge is 0.275 e. The fourth-order valence-corrected chi connectivity index (χ4v) is 5.75. The lowest BCUT2D eigenvalue weighted by atomic mass is 9.87. The summed E-state index contributed by atoms with van der Waals surface area (Å²) in [6.45, 7) is 1.13. The molecule has 3 aliphatic heterocycles. The lowest BCUT2D eigenvalue weighted by Crippen LogP contribution is -2.41. The molecule has 11 heteroatoms. The molecule has 0 saturated carbocycles. The minimum atomic E-state index is -0.464. The van der Waals surface area contributed by atoms with Crippen molar-refractivity contribution in [2.24, 2.45) is 0 Å². The standard InChI is InChI=1S/C33H29N5O6/c1-42-28-18-24-20-9-13-37(33(41)26-19-30-34-10-3-12-38(30)36-26)31(24)21-5-2-6-22(15-21)43-14-4-11-35-32(40)25-17-23(7-8-27(25)39)44-29(28)16-20/h2-3,5-8,10,12,15-19,31,39H,4,9,11,13-14H2,1H3,(H,35,40). The Labute approximate surface area is 252 Å². The maximum atomic E-state index is 14.1. The second kappa shape index (κ2) is 11.3. The van der Waals surface area contributed by atoms with Gasteiger partial charge in [0, 0.05) is 31.5 Å². The van der Waals surface area contributed by atoms with E-state index in [0.717, 1.165) is 16.7 Å². The molecule has 8 bridgehead atoms. The predicted octanol–water partition coefficient (Wildman–Crippen LogP) is 4.54. The molecule has 44 heavy (non-hydrogen) atoms. The number of hydrogen-bond acceptors (Lipinski definition) is 8. The Kier molecular flexibility index (Phi) is 6.97. The van der Waals surface area contributed by atoms with Crippen LogP contribution in [0.25, 0.3) is 5.65 Å². The van der Waals surface area contributed by atoms with Crippen LogP contribution in [-0.4, -0.2) is 63.2 Å². The number of nitrogens with zero attached hydrogens (tertiary/aromatic N) is 4. The molecule has 0 radical (unpaired) electrons. The largest absolute Gasteiger partial charge is 0.507 e. The summed E-state index contributed by atoms with van der Waals surface area (Å²) in [5.74, 6) is 1.13. The molecule has 0 spiro atoms. The van der Waals surface area contributed by atoms with Crippen LogP contribution in [0.15, 0.2) is 79.1 Å². The summed E-state index contributed by atoms with van der Waals surface area (Å²) in [6, 6.07) is 19.0. The van der Waals surface area contributed by atoms with Gasteiger partial charge in [-0.05, 0) is 78.1 Å². The van der Waals surface area contributed by atoms with Gasteiger partial charge in [-0.1, -0.05) is 12.1 Å². The summed E-state index contributed by atoms with van der Waals surface area (Å²) < 4.78 is 19.7. The summed E-state index contributed by atoms with van der Waals surface area (Å²) in [5.41, 5.74) is 3.73. The average molecular weight is 592 g/mol. The quantitative estimate of drug-likeness (QED) is 0.307. The van der Waals surface area contributed by atoms with E-state index < -0.39 is 11.9 Å². The zero-order valence-electron chi connectivity index (χ0n) is 23.9. The zero-order valence-corrected chi connectivity index (χ0v) is 23.9. The molecule has 1 unspecified atom stereocenters. The second-order valence-corrected chi connectivity index (χ2v) is 10.6. The number of benzene rings is 3. The number of fused-ring (bicyclic) bond motifs is 7. The van der Waals surface area contributed by atoms with Crippen LogP contribution >= 0.6 is 0 Å². The predicted molar refractivity (Wildman–Crippen MR) is 160 cm³/mol. The molecule has 3 aromatic carbocycles. The Balaban J connectivity index is 1.35. The van der Waals surface area contributed by atoms with Gasteiger partial charge in [-0.15, -0.1) is 0 Å². The van der Waals surface area contributed by atoms with Gasteiger partial charge in [-0.25, -0.2) is 9.50 Å². The minimum Gasteiger partial charge on any atom is -0.507 e. The number of methoxy groups -OCH3 is 1. The average Bonchev–Trinajstić information content (AvgIpc) is 3.48. The van der Waals surface area contributed by atoms with Crippen molar-refractivity contribution < 1.29 is 28.9 Å². The van der Waals surface area contributed by atoms with E-state index in [1.54, 1.807) is 42.2 Å². The molecule has 3 aliphatic rings. The number of phenols is 1. The number of aromatic hydroxyl groups is 1. The number of ether oxygens (including phenoxy) is 3. The minimum absolute atomic E-state index is 0.102. The van der Waals surface area contributed by atoms with Gasteiger partial charge in [0.2, 0.25) is 0 Å². The van der Waals surface area contributed by atoms with E-state index >= 15 is 0 Å². The highest BCUT2D eigenvalue weighted by molar-refractivity contribution is 5.97. The molecule has 8 rings (SSSR count). The Bertz CT molecular complexity index is 1870. The van der Waals surface area contributed by atoms with Gasteiger partial charge in [0.05, 0.1) is 25.3 Å². The van der Waals surface area contributed by atoms with E-state index in [0.29, 0.717) is 66.9 Å². The summed E-state index contributed by atoms with van der Waals surface area (Å²) in [4.78, 5) is 33.1. The monoisotopic (exact) mass is 591 g/mol. The third-order valence-electron chi connectivity index (χ3n) is 7.86. The number of rotatable bonds is 2. The van der Waals surface area contributed by atoms with Crippen molar-refractivity contribution in [1.82, 2.24) is 24.8 Å². The molecule has 0 saturated heterocycles. The molecule has 1 atom stereocenters. The number of nitrogens with one attached hydrogen (secondary N) is 1. The van der Waals surface area contributed by atoms with E-state index in [2.05, 4.69) is 15.4 Å². The van der Waals surface area contributed by atoms with Crippen molar-refractivity contribution in [2.45, 2.75) is 18.9 Å². The molecule has 0 aliphatic carbocycles. The van der Waals surface area contributed by atoms with Crippen LogP contribution in [0.4, 0.5) is 0 Å². The molecule has 2 amide bonds. The fourth-order valence-electron chi connectivity index (χ4n) is 5.75. The molecule has 5 aromatic rings. The number of hydrogen-bond donors (Lipinski definition) is 2. The third-order valence-corrected chi connectivity index (χ3v) is 7.86. The van der Waals surface area contributed by atoms with Crippen LogP contribution in [0.3, 0.4) is 0 Å². The molecular formula is C33H29N5O6. The molecule has 0 fully saturated rings. The molecule has 5 heterocycles. The van der Waals surface area contributed by atoms with Crippen molar-refractivity contribution in [3.8, 4) is 28.7 Å². The van der Waals surface area contributed by atoms with Crippen molar-refractivity contribution in [3.63, 3.8) is 0 Å². The topological polar surface area (TPSA) is 128 Å². The summed E-state index contributed by atoms with van der Waals surface area (Å²) >= 11 is 0. The first kappa shape index (κ1) is 27.3. The normalized spacial score (nSPS) is 16.3. The van der Waals surface area contributed by atoms with E-state index in [-0.39, 0.29) is 17.2 Å². The number of amides is 2. The SMILES string of the molecule is COc1cc2c3cc1Oc1ccc(O)c(c1)C(=O)NCCCOc1cccc(c1)C2N(C(=O)c1cc2ncccn2n1)CC3. The first-order valence-corrected chi connectivity index (χ1v) is 14.3. The Morgan fingerprint density at radius 2 is 2.00 bits per heavy atom. The first-order chi connectivity index (χ1) is 21.5. The number of carbonyl (C=O) groups is 2.